The van der Waals surface area contributed by atoms with Crippen molar-refractivity contribution in [3.63, 3.8) is 0 Å². The Bertz CT molecular complexity index is 267. The Morgan fingerprint density at radius 2 is 2.55 bits per heavy atom. The van der Waals surface area contributed by atoms with Gasteiger partial charge in [-0.15, -0.1) is 0 Å². The average molecular weight is 171 g/mol. The van der Waals surface area contributed by atoms with E-state index >= 15 is 0 Å². The summed E-state index contributed by atoms with van der Waals surface area (Å²) >= 11 is 5.30. The van der Waals surface area contributed by atoms with Crippen LogP contribution in [0.25, 0.3) is 0 Å². The molecule has 0 aliphatic carbocycles. The van der Waals surface area contributed by atoms with Crippen molar-refractivity contribution in [1.29, 1.82) is 0 Å². The highest BCUT2D eigenvalue weighted by molar-refractivity contribution is 6.25. The van der Waals surface area contributed by atoms with E-state index in [2.05, 4.69) is 5.10 Å². The molecule has 1 heterocycles. The van der Waals surface area contributed by atoms with Crippen LogP contribution in [0.5, 0.6) is 0 Å². The number of allylic oxidation sites excluding steroid dienone is 1. The molecule has 0 radical (unpaired) electrons. The van der Waals surface area contributed by atoms with Gasteiger partial charge in [0.15, 0.2) is 6.29 Å². The predicted molar refractivity (Wildman–Crippen MR) is 42.6 cm³/mol. The first kappa shape index (κ1) is 8.01. The van der Waals surface area contributed by atoms with Crippen molar-refractivity contribution in [3.8, 4) is 0 Å². The van der Waals surface area contributed by atoms with Crippen molar-refractivity contribution < 1.29 is 4.79 Å². The summed E-state index contributed by atoms with van der Waals surface area (Å²) in [7, 11) is 0. The Hall–Kier alpha value is -1.09. The standard InChI is InChI=1S/C7H7ClN2O/c8-3-1-5-10-7(6-11)2-4-9-10/h1-4,6H,5H2. The highest BCUT2D eigenvalue weighted by atomic mass is 35.5. The molecule has 0 bridgehead atoms. The summed E-state index contributed by atoms with van der Waals surface area (Å²) in [4.78, 5) is 10.3. The van der Waals surface area contributed by atoms with E-state index in [9.17, 15) is 4.79 Å². The summed E-state index contributed by atoms with van der Waals surface area (Å²) in [5.74, 6) is 0. The fraction of sp³-hybridized carbons (Fsp3) is 0.143. The maximum absolute atomic E-state index is 10.3. The quantitative estimate of drug-likeness (QED) is 0.644. The van der Waals surface area contributed by atoms with Crippen molar-refractivity contribution in [2.24, 2.45) is 0 Å². The summed E-state index contributed by atoms with van der Waals surface area (Å²) in [5, 5.41) is 3.90. The van der Waals surface area contributed by atoms with Crippen LogP contribution in [0.1, 0.15) is 10.5 Å². The van der Waals surface area contributed by atoms with Gasteiger partial charge in [0.25, 0.3) is 0 Å². The molecule has 0 unspecified atom stereocenters. The van der Waals surface area contributed by atoms with Crippen LogP contribution in [0.3, 0.4) is 0 Å². The first-order chi connectivity index (χ1) is 5.38. The largest absolute Gasteiger partial charge is 0.296 e. The normalized spacial score (nSPS) is 10.6. The Morgan fingerprint density at radius 1 is 1.73 bits per heavy atom. The lowest BCUT2D eigenvalue weighted by molar-refractivity contribution is 0.111. The summed E-state index contributed by atoms with van der Waals surface area (Å²) < 4.78 is 1.56. The number of nitrogens with zero attached hydrogens (tertiary/aromatic N) is 2. The predicted octanol–water partition coefficient (Wildman–Crippen LogP) is 1.45. The number of halogens is 1. The van der Waals surface area contributed by atoms with Gasteiger partial charge in [0, 0.05) is 11.7 Å². The third-order valence-electron chi connectivity index (χ3n) is 1.24. The molecule has 0 aliphatic rings. The lowest BCUT2D eigenvalue weighted by Crippen LogP contribution is -2.01. The van der Waals surface area contributed by atoms with Crippen molar-refractivity contribution >= 4 is 17.9 Å². The smallest absolute Gasteiger partial charge is 0.168 e. The molecule has 0 saturated heterocycles. The minimum Gasteiger partial charge on any atom is -0.296 e. The number of carbonyl (C=O) groups is 1. The first-order valence-corrected chi connectivity index (χ1v) is 3.54. The van der Waals surface area contributed by atoms with E-state index in [1.54, 1.807) is 23.0 Å². The molecule has 0 aliphatic heterocycles. The van der Waals surface area contributed by atoms with Gasteiger partial charge in [-0.1, -0.05) is 17.7 Å². The third kappa shape index (κ3) is 1.91. The van der Waals surface area contributed by atoms with E-state index in [0.29, 0.717) is 12.2 Å². The van der Waals surface area contributed by atoms with Crippen molar-refractivity contribution in [3.05, 3.63) is 29.6 Å². The zero-order valence-electron chi connectivity index (χ0n) is 5.77. The number of rotatable bonds is 3. The first-order valence-electron chi connectivity index (χ1n) is 3.10. The van der Waals surface area contributed by atoms with Crippen LogP contribution >= 0.6 is 11.6 Å². The fourth-order valence-electron chi connectivity index (χ4n) is 0.735. The van der Waals surface area contributed by atoms with Crippen molar-refractivity contribution in [2.45, 2.75) is 6.54 Å². The number of hydrogen-bond donors (Lipinski definition) is 0. The Kier molecular flexibility index (Phi) is 2.86. The van der Waals surface area contributed by atoms with E-state index in [0.717, 1.165) is 6.29 Å². The fourth-order valence-corrected chi connectivity index (χ4v) is 0.815. The van der Waals surface area contributed by atoms with Gasteiger partial charge in [-0.2, -0.15) is 5.10 Å². The molecule has 0 fully saturated rings. The van der Waals surface area contributed by atoms with E-state index in [1.165, 1.54) is 5.54 Å². The van der Waals surface area contributed by atoms with Gasteiger partial charge in [-0.05, 0) is 6.07 Å². The SMILES string of the molecule is O=Cc1ccnn1CC=CCl. The van der Waals surface area contributed by atoms with Crippen LogP contribution in [0.4, 0.5) is 0 Å². The molecule has 3 nitrogen and oxygen atoms in total. The van der Waals surface area contributed by atoms with E-state index < -0.39 is 0 Å². The Morgan fingerprint density at radius 3 is 3.18 bits per heavy atom. The van der Waals surface area contributed by atoms with Gasteiger partial charge in [0.1, 0.15) is 5.69 Å². The molecule has 0 amide bonds. The Balaban J connectivity index is 2.76. The number of aromatic nitrogens is 2. The molecule has 1 rings (SSSR count). The number of carbonyl (C=O) groups excluding carboxylic acids is 1. The second-order valence-corrected chi connectivity index (χ2v) is 2.17. The van der Waals surface area contributed by atoms with E-state index in [4.69, 9.17) is 11.6 Å². The summed E-state index contributed by atoms with van der Waals surface area (Å²) in [5.41, 5.74) is 1.95. The highest BCUT2D eigenvalue weighted by Crippen LogP contribution is 1.95. The minimum atomic E-state index is 0.532. The lowest BCUT2D eigenvalue weighted by Gasteiger charge is -1.95. The summed E-state index contributed by atoms with van der Waals surface area (Å²) in [6.07, 6.45) is 4.04. The average Bonchev–Trinajstić information content (AvgIpc) is 2.47. The zero-order chi connectivity index (χ0) is 8.10. The van der Waals surface area contributed by atoms with Crippen LogP contribution in [0.15, 0.2) is 23.9 Å². The summed E-state index contributed by atoms with van der Waals surface area (Å²) in [6, 6.07) is 1.65. The lowest BCUT2D eigenvalue weighted by atomic mass is 10.4. The van der Waals surface area contributed by atoms with E-state index in [1.807, 2.05) is 0 Å². The van der Waals surface area contributed by atoms with Gasteiger partial charge in [-0.3, -0.25) is 9.48 Å². The monoisotopic (exact) mass is 170 g/mol. The molecule has 0 aromatic carbocycles. The third-order valence-corrected chi connectivity index (χ3v) is 1.42. The molecule has 0 atom stereocenters. The van der Waals surface area contributed by atoms with Crippen molar-refractivity contribution in [2.75, 3.05) is 0 Å². The van der Waals surface area contributed by atoms with Crippen LogP contribution in [0, 0.1) is 0 Å². The highest BCUT2D eigenvalue weighted by Gasteiger charge is 1.96. The number of aldehydes is 1. The zero-order valence-corrected chi connectivity index (χ0v) is 6.53. The van der Waals surface area contributed by atoms with Gasteiger partial charge in [0.2, 0.25) is 0 Å². The molecule has 0 spiro atoms. The molecular formula is C7H7ClN2O. The molecule has 0 saturated carbocycles. The van der Waals surface area contributed by atoms with Crippen LogP contribution < -0.4 is 0 Å². The minimum absolute atomic E-state index is 0.532. The summed E-state index contributed by atoms with van der Waals surface area (Å²) in [6.45, 7) is 0.532. The second-order valence-electron chi connectivity index (χ2n) is 1.92. The Labute approximate surface area is 69.3 Å². The van der Waals surface area contributed by atoms with E-state index in [-0.39, 0.29) is 0 Å². The molecule has 11 heavy (non-hydrogen) atoms. The van der Waals surface area contributed by atoms with Gasteiger partial charge in [-0.25, -0.2) is 0 Å². The maximum atomic E-state index is 10.3. The van der Waals surface area contributed by atoms with Crippen LogP contribution in [-0.2, 0) is 6.54 Å². The van der Waals surface area contributed by atoms with Gasteiger partial charge in [0.05, 0.1) is 6.54 Å². The molecule has 1 aromatic heterocycles. The topological polar surface area (TPSA) is 34.9 Å². The van der Waals surface area contributed by atoms with Crippen LogP contribution in [-0.4, -0.2) is 16.1 Å². The molecule has 1 aromatic rings. The van der Waals surface area contributed by atoms with Crippen LogP contribution in [0.2, 0.25) is 0 Å². The maximum Gasteiger partial charge on any atom is 0.168 e. The second kappa shape index (κ2) is 3.93. The number of hydrogen-bond acceptors (Lipinski definition) is 2. The van der Waals surface area contributed by atoms with Crippen molar-refractivity contribution in [1.82, 2.24) is 9.78 Å². The van der Waals surface area contributed by atoms with Gasteiger partial charge < -0.3 is 0 Å². The molecular weight excluding hydrogens is 164 g/mol. The molecule has 0 N–H and O–H groups in total. The van der Waals surface area contributed by atoms with Gasteiger partial charge >= 0.3 is 0 Å². The molecule has 4 heteroatoms. The molecule has 58 valence electrons.